The number of pyridine rings is 1. The van der Waals surface area contributed by atoms with Crippen LogP contribution in [0.2, 0.25) is 0 Å². The average Bonchev–Trinajstić information content (AvgIpc) is 2.81. The molecule has 1 aromatic carbocycles. The molecule has 0 radical (unpaired) electrons. The number of unbranched alkanes of at least 4 members (excludes halogenated alkanes) is 6. The van der Waals surface area contributed by atoms with Gasteiger partial charge in [0, 0.05) is 11.8 Å². The van der Waals surface area contributed by atoms with Gasteiger partial charge in [-0.3, -0.25) is 4.98 Å². The molecule has 0 unspecified atom stereocenters. The molecule has 0 amide bonds. The summed E-state index contributed by atoms with van der Waals surface area (Å²) in [6.45, 7) is 4.52. The highest BCUT2D eigenvalue weighted by atomic mass is 19.1. The zero-order valence-corrected chi connectivity index (χ0v) is 19.8. The minimum absolute atomic E-state index is 0.139. The summed E-state index contributed by atoms with van der Waals surface area (Å²) in [7, 11) is 0. The monoisotopic (exact) mass is 423 g/mol. The second kappa shape index (κ2) is 13.0. The molecule has 3 rings (SSSR count). The van der Waals surface area contributed by atoms with Crippen LogP contribution in [0.3, 0.4) is 0 Å². The van der Waals surface area contributed by atoms with Crippen LogP contribution in [-0.2, 0) is 6.42 Å². The minimum atomic E-state index is -0.139. The highest BCUT2D eigenvalue weighted by molar-refractivity contribution is 5.60. The molecule has 2 aromatic rings. The molecule has 1 saturated carbocycles. The van der Waals surface area contributed by atoms with Crippen molar-refractivity contribution >= 4 is 0 Å². The van der Waals surface area contributed by atoms with Crippen LogP contribution in [0.4, 0.5) is 4.39 Å². The first-order chi connectivity index (χ1) is 15.2. The lowest BCUT2D eigenvalue weighted by Gasteiger charge is -2.28. The van der Waals surface area contributed by atoms with Crippen molar-refractivity contribution in [3.8, 4) is 11.3 Å². The van der Waals surface area contributed by atoms with E-state index in [1.54, 1.807) is 6.07 Å². The van der Waals surface area contributed by atoms with E-state index in [2.05, 4.69) is 31.0 Å². The zero-order valence-electron chi connectivity index (χ0n) is 19.8. The molecule has 2 heteroatoms. The number of rotatable bonds is 12. The van der Waals surface area contributed by atoms with Gasteiger partial charge in [-0.05, 0) is 79.7 Å². The number of aryl methyl sites for hydroxylation is 1. The molecule has 1 nitrogen and oxygen atoms in total. The van der Waals surface area contributed by atoms with Crippen LogP contribution in [0.25, 0.3) is 11.3 Å². The summed E-state index contributed by atoms with van der Waals surface area (Å²) in [5, 5.41) is 0. The Balaban J connectivity index is 1.51. The fraction of sp³-hybridized carbons (Fsp3) is 0.621. The Hall–Kier alpha value is -1.70. The highest BCUT2D eigenvalue weighted by Crippen LogP contribution is 2.38. The molecule has 31 heavy (non-hydrogen) atoms. The molecule has 1 aromatic heterocycles. The van der Waals surface area contributed by atoms with E-state index >= 15 is 0 Å². The SMILES string of the molecule is CCCCCCCCc1ccc(-c2ccc(C3CCC(CCCC)CC3)cn2)c(F)c1. The lowest BCUT2D eigenvalue weighted by atomic mass is 9.77. The van der Waals surface area contributed by atoms with Crippen LogP contribution in [-0.4, -0.2) is 4.98 Å². The molecule has 0 spiro atoms. The maximum atomic E-state index is 14.8. The van der Waals surface area contributed by atoms with Crippen LogP contribution in [0.1, 0.15) is 114 Å². The number of hydrogen-bond acceptors (Lipinski definition) is 1. The number of nitrogens with zero attached hydrogens (tertiary/aromatic N) is 1. The molecule has 0 aliphatic heterocycles. The Morgan fingerprint density at radius 3 is 2.26 bits per heavy atom. The number of hydrogen-bond donors (Lipinski definition) is 0. The van der Waals surface area contributed by atoms with E-state index in [0.717, 1.165) is 30.0 Å². The fourth-order valence-electron chi connectivity index (χ4n) is 5.11. The first kappa shape index (κ1) is 24.0. The summed E-state index contributed by atoms with van der Waals surface area (Å²) >= 11 is 0. The Labute approximate surface area is 189 Å². The summed E-state index contributed by atoms with van der Waals surface area (Å²) < 4.78 is 14.8. The summed E-state index contributed by atoms with van der Waals surface area (Å²) in [5.41, 5.74) is 3.82. The maximum Gasteiger partial charge on any atom is 0.132 e. The van der Waals surface area contributed by atoms with Crippen LogP contribution in [0.15, 0.2) is 36.5 Å². The van der Waals surface area contributed by atoms with Gasteiger partial charge in [0.05, 0.1) is 5.69 Å². The Bertz CT molecular complexity index is 759. The number of benzene rings is 1. The van der Waals surface area contributed by atoms with E-state index in [-0.39, 0.29) is 5.82 Å². The van der Waals surface area contributed by atoms with Gasteiger partial charge in [-0.2, -0.15) is 0 Å². The van der Waals surface area contributed by atoms with Crippen molar-refractivity contribution in [3.63, 3.8) is 0 Å². The second-order valence-corrected chi connectivity index (χ2v) is 9.67. The van der Waals surface area contributed by atoms with Crippen molar-refractivity contribution in [1.82, 2.24) is 4.98 Å². The van der Waals surface area contributed by atoms with Gasteiger partial charge in [0.15, 0.2) is 0 Å². The molecule has 1 aliphatic rings. The molecule has 0 saturated heterocycles. The summed E-state index contributed by atoms with van der Waals surface area (Å²) in [6.07, 6.45) is 19.9. The van der Waals surface area contributed by atoms with Crippen LogP contribution < -0.4 is 0 Å². The largest absolute Gasteiger partial charge is 0.256 e. The van der Waals surface area contributed by atoms with E-state index in [1.165, 1.54) is 82.6 Å². The van der Waals surface area contributed by atoms with Crippen molar-refractivity contribution in [1.29, 1.82) is 0 Å². The smallest absolute Gasteiger partial charge is 0.132 e. The standard InChI is InChI=1S/C29H42FN/c1-3-5-7-8-9-10-12-24-15-19-27(28(30)21-24)29-20-18-26(22-31-29)25-16-13-23(14-17-25)11-6-4-2/h15,18-23,25H,3-14,16-17H2,1-2H3. The van der Waals surface area contributed by atoms with Crippen LogP contribution >= 0.6 is 0 Å². The fourth-order valence-corrected chi connectivity index (χ4v) is 5.11. The second-order valence-electron chi connectivity index (χ2n) is 9.67. The maximum absolute atomic E-state index is 14.8. The Morgan fingerprint density at radius 1 is 0.839 bits per heavy atom. The van der Waals surface area contributed by atoms with Crippen molar-refractivity contribution in [2.75, 3.05) is 0 Å². The van der Waals surface area contributed by atoms with Gasteiger partial charge in [-0.25, -0.2) is 4.39 Å². The Morgan fingerprint density at radius 2 is 1.58 bits per heavy atom. The van der Waals surface area contributed by atoms with E-state index in [0.29, 0.717) is 11.5 Å². The molecule has 0 atom stereocenters. The van der Waals surface area contributed by atoms with Gasteiger partial charge in [0.25, 0.3) is 0 Å². The van der Waals surface area contributed by atoms with Gasteiger partial charge in [0.1, 0.15) is 5.82 Å². The summed E-state index contributed by atoms with van der Waals surface area (Å²) in [4.78, 5) is 4.65. The van der Waals surface area contributed by atoms with E-state index in [4.69, 9.17) is 0 Å². The van der Waals surface area contributed by atoms with Gasteiger partial charge >= 0.3 is 0 Å². The van der Waals surface area contributed by atoms with Crippen molar-refractivity contribution in [3.05, 3.63) is 53.5 Å². The van der Waals surface area contributed by atoms with Crippen LogP contribution in [0, 0.1) is 11.7 Å². The lowest BCUT2D eigenvalue weighted by Crippen LogP contribution is -2.13. The minimum Gasteiger partial charge on any atom is -0.256 e. The van der Waals surface area contributed by atoms with Gasteiger partial charge < -0.3 is 0 Å². The zero-order chi connectivity index (χ0) is 21.9. The van der Waals surface area contributed by atoms with Crippen molar-refractivity contribution in [2.45, 2.75) is 110 Å². The molecule has 170 valence electrons. The van der Waals surface area contributed by atoms with Gasteiger partial charge in [-0.1, -0.05) is 77.3 Å². The third-order valence-corrected chi connectivity index (χ3v) is 7.20. The summed E-state index contributed by atoms with van der Waals surface area (Å²) in [5.74, 6) is 1.41. The topological polar surface area (TPSA) is 12.9 Å². The predicted molar refractivity (Wildman–Crippen MR) is 131 cm³/mol. The van der Waals surface area contributed by atoms with Crippen molar-refractivity contribution in [2.24, 2.45) is 5.92 Å². The first-order valence-electron chi connectivity index (χ1n) is 13.0. The van der Waals surface area contributed by atoms with E-state index in [1.807, 2.05) is 18.3 Å². The number of aromatic nitrogens is 1. The molecule has 1 aliphatic carbocycles. The number of halogens is 1. The Kier molecular flexibility index (Phi) is 10.0. The van der Waals surface area contributed by atoms with Gasteiger partial charge in [0.2, 0.25) is 0 Å². The third kappa shape index (κ3) is 7.44. The van der Waals surface area contributed by atoms with Crippen LogP contribution in [0.5, 0.6) is 0 Å². The van der Waals surface area contributed by atoms with E-state index < -0.39 is 0 Å². The molecule has 0 N–H and O–H groups in total. The quantitative estimate of drug-likeness (QED) is 0.310. The molecular formula is C29H42FN. The average molecular weight is 424 g/mol. The summed E-state index contributed by atoms with van der Waals surface area (Å²) in [6, 6.07) is 9.92. The van der Waals surface area contributed by atoms with Gasteiger partial charge in [-0.15, -0.1) is 0 Å². The predicted octanol–water partition coefficient (Wildman–Crippen LogP) is 9.25. The molecular weight excluding hydrogens is 381 g/mol. The molecule has 0 bridgehead atoms. The van der Waals surface area contributed by atoms with Crippen molar-refractivity contribution < 1.29 is 4.39 Å². The normalized spacial score (nSPS) is 18.9. The lowest BCUT2D eigenvalue weighted by molar-refractivity contribution is 0.304. The molecule has 1 heterocycles. The first-order valence-corrected chi connectivity index (χ1v) is 13.0. The molecule has 1 fully saturated rings. The van der Waals surface area contributed by atoms with E-state index in [9.17, 15) is 4.39 Å². The highest BCUT2D eigenvalue weighted by Gasteiger charge is 2.22. The third-order valence-electron chi connectivity index (χ3n) is 7.20.